The molecule has 8 nitrogen and oxygen atoms in total. The molecule has 9 heteroatoms. The van der Waals surface area contributed by atoms with Crippen LogP contribution in [0, 0.1) is 6.92 Å². The highest BCUT2D eigenvalue weighted by molar-refractivity contribution is 9.10. The summed E-state index contributed by atoms with van der Waals surface area (Å²) in [4.78, 5) is 12.6. The molecule has 0 aliphatic carbocycles. The molecular weight excluding hydrogens is 398 g/mol. The van der Waals surface area contributed by atoms with Crippen LogP contribution in [0.15, 0.2) is 35.5 Å². The molecule has 0 bridgehead atoms. The van der Waals surface area contributed by atoms with Crippen molar-refractivity contribution >= 4 is 27.5 Å². The van der Waals surface area contributed by atoms with E-state index in [0.29, 0.717) is 18.7 Å². The number of carbonyl (C=O) groups is 1. The fourth-order valence-electron chi connectivity index (χ4n) is 2.85. The second-order valence-electron chi connectivity index (χ2n) is 6.05. The first-order valence-electron chi connectivity index (χ1n) is 8.56. The van der Waals surface area contributed by atoms with Gasteiger partial charge in [-0.15, -0.1) is 0 Å². The minimum absolute atomic E-state index is 0.113. The van der Waals surface area contributed by atoms with Crippen LogP contribution in [0.2, 0.25) is 0 Å². The van der Waals surface area contributed by atoms with Gasteiger partial charge in [-0.1, -0.05) is 6.92 Å². The molecule has 1 amide bonds. The van der Waals surface area contributed by atoms with Crippen molar-refractivity contribution in [2.45, 2.75) is 46.3 Å². The molecule has 3 aromatic heterocycles. The molecule has 0 fully saturated rings. The Morgan fingerprint density at radius 3 is 2.62 bits per heavy atom. The number of nitrogens with one attached hydrogen (secondary N) is 1. The number of aromatic nitrogens is 6. The molecule has 26 heavy (non-hydrogen) atoms. The van der Waals surface area contributed by atoms with Crippen LogP contribution in [-0.2, 0) is 17.9 Å². The van der Waals surface area contributed by atoms with E-state index in [1.807, 2.05) is 30.9 Å². The van der Waals surface area contributed by atoms with Crippen molar-refractivity contribution in [3.63, 3.8) is 0 Å². The van der Waals surface area contributed by atoms with Gasteiger partial charge in [0.25, 0.3) is 0 Å². The average molecular weight is 420 g/mol. The van der Waals surface area contributed by atoms with Crippen LogP contribution in [0.1, 0.15) is 37.6 Å². The van der Waals surface area contributed by atoms with Gasteiger partial charge < -0.3 is 5.32 Å². The number of hydrogen-bond donors (Lipinski definition) is 1. The van der Waals surface area contributed by atoms with E-state index in [2.05, 4.69) is 43.5 Å². The zero-order valence-electron chi connectivity index (χ0n) is 15.1. The van der Waals surface area contributed by atoms with Crippen LogP contribution >= 0.6 is 15.9 Å². The predicted octanol–water partition coefficient (Wildman–Crippen LogP) is 3.01. The fraction of sp³-hybridized carbons (Fsp3) is 0.412. The quantitative estimate of drug-likeness (QED) is 0.637. The number of rotatable bonds is 7. The van der Waals surface area contributed by atoms with Crippen LogP contribution < -0.4 is 5.32 Å². The van der Waals surface area contributed by atoms with Crippen molar-refractivity contribution in [3.05, 3.63) is 46.7 Å². The molecule has 1 N–H and O–H groups in total. The zero-order chi connectivity index (χ0) is 18.7. The van der Waals surface area contributed by atoms with Gasteiger partial charge >= 0.3 is 0 Å². The number of carbonyl (C=O) groups excluding carboxylic acids is 1. The Bertz CT molecular complexity index is 895. The molecule has 0 aromatic carbocycles. The molecule has 0 spiro atoms. The van der Waals surface area contributed by atoms with Gasteiger partial charge in [0.15, 0.2) is 0 Å². The lowest BCUT2D eigenvalue weighted by Gasteiger charge is -2.14. The Hall–Kier alpha value is -2.42. The lowest BCUT2D eigenvalue weighted by molar-refractivity contribution is -0.119. The van der Waals surface area contributed by atoms with Crippen molar-refractivity contribution in [2.75, 3.05) is 5.32 Å². The minimum atomic E-state index is -0.366. The van der Waals surface area contributed by atoms with Gasteiger partial charge in [-0.2, -0.15) is 15.3 Å². The van der Waals surface area contributed by atoms with E-state index < -0.39 is 0 Å². The molecule has 138 valence electrons. The molecule has 0 saturated heterocycles. The van der Waals surface area contributed by atoms with Gasteiger partial charge in [0, 0.05) is 30.2 Å². The van der Waals surface area contributed by atoms with Crippen LogP contribution in [-0.4, -0.2) is 35.2 Å². The molecule has 3 rings (SSSR count). The number of aryl methyl sites for hydroxylation is 1. The Labute approximate surface area is 160 Å². The smallest absolute Gasteiger partial charge is 0.249 e. The van der Waals surface area contributed by atoms with E-state index >= 15 is 0 Å². The lowest BCUT2D eigenvalue weighted by Crippen LogP contribution is -2.25. The van der Waals surface area contributed by atoms with E-state index in [0.717, 1.165) is 22.3 Å². The number of halogens is 1. The summed E-state index contributed by atoms with van der Waals surface area (Å²) in [6.45, 7) is 7.52. The topological polar surface area (TPSA) is 82.6 Å². The summed E-state index contributed by atoms with van der Waals surface area (Å²) in [5.74, 6) is -0.113. The molecule has 0 aliphatic heterocycles. The first-order valence-corrected chi connectivity index (χ1v) is 9.35. The van der Waals surface area contributed by atoms with E-state index in [1.54, 1.807) is 28.0 Å². The largest absolute Gasteiger partial charge is 0.322 e. The summed E-state index contributed by atoms with van der Waals surface area (Å²) in [5, 5.41) is 15.8. The van der Waals surface area contributed by atoms with E-state index in [9.17, 15) is 4.79 Å². The molecule has 0 radical (unpaired) electrons. The van der Waals surface area contributed by atoms with E-state index in [4.69, 9.17) is 0 Å². The maximum absolute atomic E-state index is 12.6. The van der Waals surface area contributed by atoms with Crippen LogP contribution in [0.5, 0.6) is 0 Å². The number of hydrogen-bond acceptors (Lipinski definition) is 4. The first-order chi connectivity index (χ1) is 12.5. The molecule has 3 heterocycles. The highest BCUT2D eigenvalue weighted by atomic mass is 79.9. The molecular formula is C17H22BrN7O. The Balaban J connectivity index is 1.67. The maximum Gasteiger partial charge on any atom is 0.249 e. The lowest BCUT2D eigenvalue weighted by atomic mass is 10.2. The molecule has 1 unspecified atom stereocenters. The molecule has 0 aliphatic rings. The Kier molecular flexibility index (Phi) is 5.55. The second kappa shape index (κ2) is 7.86. The van der Waals surface area contributed by atoms with Crippen molar-refractivity contribution in [1.29, 1.82) is 0 Å². The summed E-state index contributed by atoms with van der Waals surface area (Å²) in [5.41, 5.74) is 2.91. The zero-order valence-corrected chi connectivity index (χ0v) is 16.6. The van der Waals surface area contributed by atoms with Crippen molar-refractivity contribution in [1.82, 2.24) is 29.3 Å². The van der Waals surface area contributed by atoms with Crippen molar-refractivity contribution < 1.29 is 4.79 Å². The summed E-state index contributed by atoms with van der Waals surface area (Å²) in [6.07, 6.45) is 9.46. The minimum Gasteiger partial charge on any atom is -0.322 e. The highest BCUT2D eigenvalue weighted by Gasteiger charge is 2.20. The summed E-state index contributed by atoms with van der Waals surface area (Å²) in [7, 11) is 0. The van der Waals surface area contributed by atoms with Crippen LogP contribution in [0.4, 0.5) is 5.69 Å². The first kappa shape index (κ1) is 18.4. The van der Waals surface area contributed by atoms with Crippen LogP contribution in [0.25, 0.3) is 0 Å². The third-order valence-electron chi connectivity index (χ3n) is 4.32. The second-order valence-corrected chi connectivity index (χ2v) is 6.97. The number of nitrogens with zero attached hydrogens (tertiary/aromatic N) is 6. The van der Waals surface area contributed by atoms with Gasteiger partial charge in [0.1, 0.15) is 6.04 Å². The van der Waals surface area contributed by atoms with Gasteiger partial charge in [-0.3, -0.25) is 18.8 Å². The SMILES string of the molecule is CCC(C(=O)Nc1cnn(Cc2cnn(CC)c2C)c1)n1cc(Br)cn1. The predicted molar refractivity (Wildman–Crippen MR) is 102 cm³/mol. The maximum atomic E-state index is 12.6. The van der Waals surface area contributed by atoms with Gasteiger partial charge in [-0.25, -0.2) is 0 Å². The van der Waals surface area contributed by atoms with Gasteiger partial charge in [0.05, 0.1) is 35.3 Å². The normalized spacial score (nSPS) is 12.3. The molecule has 1 atom stereocenters. The highest BCUT2D eigenvalue weighted by Crippen LogP contribution is 2.18. The van der Waals surface area contributed by atoms with Crippen molar-refractivity contribution in [3.8, 4) is 0 Å². The fourth-order valence-corrected chi connectivity index (χ4v) is 3.15. The summed E-state index contributed by atoms with van der Waals surface area (Å²) >= 11 is 3.36. The average Bonchev–Trinajstić information content (AvgIpc) is 3.31. The van der Waals surface area contributed by atoms with Crippen molar-refractivity contribution in [2.24, 2.45) is 0 Å². The van der Waals surface area contributed by atoms with E-state index in [-0.39, 0.29) is 11.9 Å². The van der Waals surface area contributed by atoms with Crippen LogP contribution in [0.3, 0.4) is 0 Å². The Morgan fingerprint density at radius 1 is 1.19 bits per heavy atom. The molecule has 0 saturated carbocycles. The van der Waals surface area contributed by atoms with Gasteiger partial charge in [0.2, 0.25) is 5.91 Å². The summed E-state index contributed by atoms with van der Waals surface area (Å²) < 4.78 is 6.26. The standard InChI is InChI=1S/C17H22BrN7O/c1-4-16(25-10-14(18)7-21-25)17(26)22-15-8-19-23(11-15)9-13-6-20-24(5-2)12(13)3/h6-8,10-11,16H,4-5,9H2,1-3H3,(H,22,26). The van der Waals surface area contributed by atoms with Gasteiger partial charge in [-0.05, 0) is 36.2 Å². The third kappa shape index (κ3) is 3.87. The number of anilines is 1. The summed E-state index contributed by atoms with van der Waals surface area (Å²) in [6, 6.07) is -0.366. The molecule has 3 aromatic rings. The monoisotopic (exact) mass is 419 g/mol. The number of amides is 1. The third-order valence-corrected chi connectivity index (χ3v) is 4.73. The van der Waals surface area contributed by atoms with E-state index in [1.165, 1.54) is 0 Å². The Morgan fingerprint density at radius 2 is 2.00 bits per heavy atom.